The molecule has 0 unspecified atom stereocenters. The van der Waals surface area contributed by atoms with Crippen molar-refractivity contribution in [3.63, 3.8) is 0 Å². The number of alkyl halides is 2. The third kappa shape index (κ3) is 1.75. The highest BCUT2D eigenvalue weighted by Crippen LogP contribution is 2.44. The number of aryl methyl sites for hydroxylation is 1. The average molecular weight is 312 g/mol. The summed E-state index contributed by atoms with van der Waals surface area (Å²) in [5.74, 6) is -0.111. The summed E-state index contributed by atoms with van der Waals surface area (Å²) < 4.78 is 26.9. The second kappa shape index (κ2) is 4.59. The van der Waals surface area contributed by atoms with Gasteiger partial charge in [0.25, 0.3) is 0 Å². The number of hydrogen-bond acceptors (Lipinski definition) is 3. The molecule has 0 aliphatic carbocycles. The first-order valence-corrected chi connectivity index (χ1v) is 6.71. The molecule has 1 aliphatic rings. The molecular formula is C14H12ClF2N3O. The van der Waals surface area contributed by atoms with Gasteiger partial charge in [0.1, 0.15) is 29.7 Å². The van der Waals surface area contributed by atoms with Crippen molar-refractivity contribution in [3.8, 4) is 0 Å². The molecule has 2 heterocycles. The van der Waals surface area contributed by atoms with Crippen molar-refractivity contribution in [2.75, 3.05) is 25.3 Å². The van der Waals surface area contributed by atoms with E-state index in [9.17, 15) is 13.6 Å². The van der Waals surface area contributed by atoms with Crippen LogP contribution in [0.15, 0.2) is 12.1 Å². The van der Waals surface area contributed by atoms with Crippen LogP contribution in [0.2, 0.25) is 5.15 Å². The van der Waals surface area contributed by atoms with Crippen LogP contribution in [0.3, 0.4) is 0 Å². The molecule has 0 saturated heterocycles. The predicted molar refractivity (Wildman–Crippen MR) is 76.3 cm³/mol. The van der Waals surface area contributed by atoms with Crippen LogP contribution in [-0.4, -0.2) is 36.3 Å². The molecule has 7 heteroatoms. The smallest absolute Gasteiger partial charge is 0.242 e. The highest BCUT2D eigenvalue weighted by molar-refractivity contribution is 6.34. The highest BCUT2D eigenvalue weighted by Gasteiger charge is 2.50. The number of carbonyl (C=O) groups excluding carboxylic acids is 1. The topological polar surface area (TPSA) is 46.1 Å². The van der Waals surface area contributed by atoms with E-state index in [2.05, 4.69) is 9.97 Å². The summed E-state index contributed by atoms with van der Waals surface area (Å²) in [5.41, 5.74) is -0.495. The van der Waals surface area contributed by atoms with Crippen LogP contribution in [0.25, 0.3) is 10.9 Å². The lowest BCUT2D eigenvalue weighted by Gasteiger charge is -2.20. The van der Waals surface area contributed by atoms with E-state index < -0.39 is 24.7 Å². The van der Waals surface area contributed by atoms with E-state index >= 15 is 0 Å². The van der Waals surface area contributed by atoms with Gasteiger partial charge >= 0.3 is 0 Å². The first-order valence-electron chi connectivity index (χ1n) is 6.33. The Morgan fingerprint density at radius 2 is 1.95 bits per heavy atom. The highest BCUT2D eigenvalue weighted by atomic mass is 35.5. The molecule has 1 aromatic carbocycles. The van der Waals surface area contributed by atoms with Gasteiger partial charge in [0.15, 0.2) is 0 Å². The Bertz CT molecular complexity index is 761. The number of amides is 1. The third-order valence-corrected chi connectivity index (χ3v) is 4.21. The Kier molecular flexibility index (Phi) is 3.09. The molecule has 0 atom stereocenters. The van der Waals surface area contributed by atoms with E-state index in [0.717, 1.165) is 0 Å². The molecule has 1 aliphatic heterocycles. The molecule has 110 valence electrons. The number of hydrogen-bond donors (Lipinski definition) is 0. The van der Waals surface area contributed by atoms with Crippen LogP contribution < -0.4 is 4.90 Å². The van der Waals surface area contributed by atoms with E-state index in [0.29, 0.717) is 28.0 Å². The molecule has 1 amide bonds. The summed E-state index contributed by atoms with van der Waals surface area (Å²) in [6.07, 6.45) is 0. The normalized spacial score (nSPS) is 16.6. The van der Waals surface area contributed by atoms with E-state index in [4.69, 9.17) is 11.6 Å². The van der Waals surface area contributed by atoms with Gasteiger partial charge in [0, 0.05) is 18.1 Å². The van der Waals surface area contributed by atoms with Crippen molar-refractivity contribution in [1.82, 2.24) is 9.97 Å². The van der Waals surface area contributed by atoms with E-state index in [1.165, 1.54) is 18.0 Å². The zero-order chi connectivity index (χ0) is 15.4. The standard InChI is InChI=1S/C14H12ClF2N3O/c1-7-18-10-4-11-9(3-8(10)12(15)19-7)14(5-16,6-17)13(21)20(11)2/h3-4H,5-6H2,1-2H3. The maximum atomic E-state index is 13.5. The van der Waals surface area contributed by atoms with Crippen LogP contribution in [0, 0.1) is 6.92 Å². The number of halogens is 3. The van der Waals surface area contributed by atoms with Gasteiger partial charge in [-0.25, -0.2) is 18.7 Å². The molecule has 0 spiro atoms. The van der Waals surface area contributed by atoms with Gasteiger partial charge in [-0.3, -0.25) is 4.79 Å². The zero-order valence-corrected chi connectivity index (χ0v) is 12.2. The van der Waals surface area contributed by atoms with Gasteiger partial charge in [-0.1, -0.05) is 11.6 Å². The van der Waals surface area contributed by atoms with Crippen LogP contribution in [0.5, 0.6) is 0 Å². The van der Waals surface area contributed by atoms with Gasteiger partial charge in [0.2, 0.25) is 5.91 Å². The maximum absolute atomic E-state index is 13.5. The minimum atomic E-state index is -1.79. The van der Waals surface area contributed by atoms with Crippen molar-refractivity contribution >= 4 is 34.1 Å². The number of rotatable bonds is 2. The van der Waals surface area contributed by atoms with E-state index in [1.54, 1.807) is 13.0 Å². The fraction of sp³-hybridized carbons (Fsp3) is 0.357. The number of anilines is 1. The first kappa shape index (κ1) is 14.1. The number of fused-ring (bicyclic) bond motifs is 2. The molecule has 0 radical (unpaired) electrons. The molecule has 21 heavy (non-hydrogen) atoms. The number of carbonyl (C=O) groups is 1. The lowest BCUT2D eigenvalue weighted by Crippen LogP contribution is -2.42. The lowest BCUT2D eigenvalue weighted by atomic mass is 9.84. The summed E-state index contributed by atoms with van der Waals surface area (Å²) in [7, 11) is 1.50. The molecule has 0 N–H and O–H groups in total. The number of aromatic nitrogens is 2. The second-order valence-electron chi connectivity index (χ2n) is 5.16. The Hall–Kier alpha value is -1.82. The second-order valence-corrected chi connectivity index (χ2v) is 5.52. The molecule has 0 bridgehead atoms. The third-order valence-electron chi connectivity index (χ3n) is 3.93. The summed E-state index contributed by atoms with van der Waals surface area (Å²) in [6.45, 7) is -0.508. The molecular weight excluding hydrogens is 300 g/mol. The van der Waals surface area contributed by atoms with Crippen molar-refractivity contribution in [1.29, 1.82) is 0 Å². The van der Waals surface area contributed by atoms with Crippen LogP contribution in [0.4, 0.5) is 14.5 Å². The molecule has 4 nitrogen and oxygen atoms in total. The van der Waals surface area contributed by atoms with Crippen LogP contribution >= 0.6 is 11.6 Å². The summed E-state index contributed by atoms with van der Waals surface area (Å²) in [5, 5.41) is 0.685. The molecule has 3 rings (SSSR count). The number of benzene rings is 1. The fourth-order valence-corrected chi connectivity index (χ4v) is 3.01. The zero-order valence-electron chi connectivity index (χ0n) is 11.5. The van der Waals surface area contributed by atoms with E-state index in [1.807, 2.05) is 0 Å². The van der Waals surface area contributed by atoms with Gasteiger partial charge in [-0.2, -0.15) is 0 Å². The van der Waals surface area contributed by atoms with E-state index in [-0.39, 0.29) is 5.15 Å². The number of likely N-dealkylation sites (N-methyl/N-ethyl adjacent to an activating group) is 1. The Balaban J connectivity index is 2.38. The molecule has 0 fully saturated rings. The van der Waals surface area contributed by atoms with Crippen molar-refractivity contribution < 1.29 is 13.6 Å². The Morgan fingerprint density at radius 1 is 1.29 bits per heavy atom. The summed E-state index contributed by atoms with van der Waals surface area (Å²) in [6, 6.07) is 3.14. The minimum absolute atomic E-state index is 0.203. The Labute approximate surface area is 124 Å². The van der Waals surface area contributed by atoms with Crippen molar-refractivity contribution in [2.24, 2.45) is 0 Å². The predicted octanol–water partition coefficient (Wildman–Crippen LogP) is 2.74. The SMILES string of the molecule is Cc1nc(Cl)c2cc3c(cc2n1)N(C)C(=O)C3(CF)CF. The maximum Gasteiger partial charge on any atom is 0.242 e. The molecule has 0 saturated carbocycles. The van der Waals surface area contributed by atoms with Gasteiger partial charge < -0.3 is 4.90 Å². The Morgan fingerprint density at radius 3 is 2.57 bits per heavy atom. The van der Waals surface area contributed by atoms with Crippen LogP contribution in [-0.2, 0) is 10.2 Å². The van der Waals surface area contributed by atoms with Gasteiger partial charge in [0.05, 0.1) is 5.52 Å². The average Bonchev–Trinajstić information content (AvgIpc) is 2.66. The quantitative estimate of drug-likeness (QED) is 0.801. The summed E-state index contributed by atoms with van der Waals surface area (Å²) in [4.78, 5) is 21.8. The first-order chi connectivity index (χ1) is 9.94. The van der Waals surface area contributed by atoms with Crippen molar-refractivity contribution in [2.45, 2.75) is 12.3 Å². The molecule has 1 aromatic heterocycles. The minimum Gasteiger partial charge on any atom is -0.314 e. The molecule has 2 aromatic rings. The fourth-order valence-electron chi connectivity index (χ4n) is 2.74. The summed E-state index contributed by atoms with van der Waals surface area (Å²) >= 11 is 6.08. The number of nitrogens with zero attached hydrogens (tertiary/aromatic N) is 3. The lowest BCUT2D eigenvalue weighted by molar-refractivity contribution is -0.124. The monoisotopic (exact) mass is 311 g/mol. The van der Waals surface area contributed by atoms with Crippen molar-refractivity contribution in [3.05, 3.63) is 28.7 Å². The van der Waals surface area contributed by atoms with Crippen LogP contribution in [0.1, 0.15) is 11.4 Å². The van der Waals surface area contributed by atoms with Gasteiger partial charge in [-0.15, -0.1) is 0 Å². The van der Waals surface area contributed by atoms with Gasteiger partial charge in [-0.05, 0) is 24.6 Å². The largest absolute Gasteiger partial charge is 0.314 e.